The van der Waals surface area contributed by atoms with Crippen molar-refractivity contribution in [1.82, 2.24) is 14.8 Å². The molecule has 2 heterocycles. The zero-order chi connectivity index (χ0) is 19.1. The Morgan fingerprint density at radius 3 is 2.54 bits per heavy atom. The maximum atomic E-state index is 14.0. The van der Waals surface area contributed by atoms with Gasteiger partial charge in [-0.15, -0.1) is 0 Å². The second-order valence-electron chi connectivity index (χ2n) is 6.83. The molecule has 5 aromatic rings. The Hall–Kier alpha value is -3.53. The number of rotatable bonds is 3. The molecule has 5 rings (SSSR count). The first-order valence-corrected chi connectivity index (χ1v) is 9.36. The molecule has 136 valence electrons. The lowest BCUT2D eigenvalue weighted by atomic mass is 10.0. The molecule has 0 spiro atoms. The number of hydrogen-bond acceptors (Lipinski definition) is 2. The van der Waals surface area contributed by atoms with Gasteiger partial charge in [0.2, 0.25) is 0 Å². The van der Waals surface area contributed by atoms with E-state index in [0.717, 1.165) is 39.5 Å². The highest BCUT2D eigenvalue weighted by atomic mass is 19.1. The molecule has 0 bridgehead atoms. The van der Waals surface area contributed by atoms with Crippen LogP contribution in [-0.2, 0) is 6.42 Å². The van der Waals surface area contributed by atoms with Gasteiger partial charge in [-0.2, -0.15) is 5.10 Å². The molecule has 0 saturated heterocycles. The third-order valence-corrected chi connectivity index (χ3v) is 5.08. The number of halogens is 1. The van der Waals surface area contributed by atoms with Crippen molar-refractivity contribution in [1.29, 1.82) is 0 Å². The van der Waals surface area contributed by atoms with Gasteiger partial charge in [-0.05, 0) is 42.3 Å². The third-order valence-electron chi connectivity index (χ3n) is 5.08. The number of aromatic nitrogens is 3. The molecule has 0 N–H and O–H groups in total. The van der Waals surface area contributed by atoms with Gasteiger partial charge in [0.1, 0.15) is 11.5 Å². The third kappa shape index (κ3) is 2.65. The van der Waals surface area contributed by atoms with E-state index in [-0.39, 0.29) is 5.82 Å². The van der Waals surface area contributed by atoms with Gasteiger partial charge in [0.25, 0.3) is 0 Å². The van der Waals surface area contributed by atoms with E-state index in [9.17, 15) is 4.39 Å². The molecule has 0 fully saturated rings. The number of aryl methyl sites for hydroxylation is 1. The number of benzene rings is 3. The Balaban J connectivity index is 1.92. The summed E-state index contributed by atoms with van der Waals surface area (Å²) in [5, 5.41) is 6.87. The summed E-state index contributed by atoms with van der Waals surface area (Å²) in [5.41, 5.74) is 5.63. The molecular weight excluding hydrogens is 349 g/mol. The Bertz CT molecular complexity index is 1310. The SMILES string of the molecule is CCc1ccc2ncc3c(-c4ccccc4)nn(-c4cccc(F)c4)c3c2c1. The fraction of sp³-hybridized carbons (Fsp3) is 0.0833. The van der Waals surface area contributed by atoms with Crippen LogP contribution in [0.2, 0.25) is 0 Å². The largest absolute Gasteiger partial charge is 0.255 e. The summed E-state index contributed by atoms with van der Waals surface area (Å²) in [7, 11) is 0. The average molecular weight is 367 g/mol. The van der Waals surface area contributed by atoms with E-state index in [1.165, 1.54) is 17.7 Å². The number of hydrogen-bond donors (Lipinski definition) is 0. The summed E-state index contributed by atoms with van der Waals surface area (Å²) in [6.45, 7) is 2.13. The Labute approximate surface area is 162 Å². The Kier molecular flexibility index (Phi) is 3.90. The normalized spacial score (nSPS) is 11.4. The van der Waals surface area contributed by atoms with Crippen LogP contribution in [0.5, 0.6) is 0 Å². The van der Waals surface area contributed by atoms with Crippen molar-refractivity contribution in [2.45, 2.75) is 13.3 Å². The van der Waals surface area contributed by atoms with Crippen molar-refractivity contribution in [3.63, 3.8) is 0 Å². The summed E-state index contributed by atoms with van der Waals surface area (Å²) in [6, 6.07) is 22.9. The van der Waals surface area contributed by atoms with Gasteiger partial charge in [0.05, 0.1) is 16.7 Å². The van der Waals surface area contributed by atoms with Crippen molar-refractivity contribution >= 4 is 21.8 Å². The summed E-state index contributed by atoms with van der Waals surface area (Å²) in [6.07, 6.45) is 2.81. The van der Waals surface area contributed by atoms with Crippen LogP contribution in [0.3, 0.4) is 0 Å². The van der Waals surface area contributed by atoms with Gasteiger partial charge in [-0.1, -0.05) is 49.4 Å². The highest BCUT2D eigenvalue weighted by Gasteiger charge is 2.17. The molecule has 28 heavy (non-hydrogen) atoms. The highest BCUT2D eigenvalue weighted by molar-refractivity contribution is 6.08. The fourth-order valence-corrected chi connectivity index (χ4v) is 3.65. The molecule has 0 radical (unpaired) electrons. The monoisotopic (exact) mass is 367 g/mol. The number of nitrogens with zero attached hydrogens (tertiary/aromatic N) is 3. The molecule has 0 unspecified atom stereocenters. The van der Waals surface area contributed by atoms with E-state index in [4.69, 9.17) is 5.10 Å². The molecule has 4 heteroatoms. The number of pyridine rings is 1. The van der Waals surface area contributed by atoms with Gasteiger partial charge in [0, 0.05) is 22.5 Å². The first-order valence-electron chi connectivity index (χ1n) is 9.36. The van der Waals surface area contributed by atoms with Crippen LogP contribution in [0.1, 0.15) is 12.5 Å². The van der Waals surface area contributed by atoms with Crippen LogP contribution < -0.4 is 0 Å². The van der Waals surface area contributed by atoms with Crippen molar-refractivity contribution in [2.24, 2.45) is 0 Å². The lowest BCUT2D eigenvalue weighted by molar-refractivity contribution is 0.626. The second-order valence-corrected chi connectivity index (χ2v) is 6.83. The summed E-state index contributed by atoms with van der Waals surface area (Å²) < 4.78 is 15.8. The molecule has 0 atom stereocenters. The van der Waals surface area contributed by atoms with E-state index >= 15 is 0 Å². The molecule has 0 aliphatic rings. The first-order chi connectivity index (χ1) is 13.7. The summed E-state index contributed by atoms with van der Waals surface area (Å²) in [5.74, 6) is -0.282. The minimum atomic E-state index is -0.282. The predicted molar refractivity (Wildman–Crippen MR) is 111 cm³/mol. The van der Waals surface area contributed by atoms with Crippen molar-refractivity contribution in [2.75, 3.05) is 0 Å². The van der Waals surface area contributed by atoms with Gasteiger partial charge < -0.3 is 0 Å². The fourth-order valence-electron chi connectivity index (χ4n) is 3.65. The maximum absolute atomic E-state index is 14.0. The van der Waals surface area contributed by atoms with Gasteiger partial charge in [0.15, 0.2) is 0 Å². The second kappa shape index (κ2) is 6.57. The molecule has 0 aliphatic heterocycles. The zero-order valence-corrected chi connectivity index (χ0v) is 15.4. The number of fused-ring (bicyclic) bond motifs is 3. The molecule has 2 aromatic heterocycles. The maximum Gasteiger partial charge on any atom is 0.125 e. The van der Waals surface area contributed by atoms with Gasteiger partial charge in [-0.3, -0.25) is 4.98 Å². The van der Waals surface area contributed by atoms with Crippen LogP contribution in [0.4, 0.5) is 4.39 Å². The smallest absolute Gasteiger partial charge is 0.125 e. The molecule has 0 saturated carbocycles. The molecule has 0 aliphatic carbocycles. The van der Waals surface area contributed by atoms with E-state index in [2.05, 4.69) is 24.0 Å². The zero-order valence-electron chi connectivity index (χ0n) is 15.4. The van der Waals surface area contributed by atoms with Gasteiger partial charge in [-0.25, -0.2) is 9.07 Å². The summed E-state index contributed by atoms with van der Waals surface area (Å²) >= 11 is 0. The van der Waals surface area contributed by atoms with Crippen LogP contribution in [-0.4, -0.2) is 14.8 Å². The lowest BCUT2D eigenvalue weighted by Gasteiger charge is -2.07. The first kappa shape index (κ1) is 16.6. The van der Waals surface area contributed by atoms with Crippen LogP contribution in [0.25, 0.3) is 38.8 Å². The van der Waals surface area contributed by atoms with E-state index in [1.807, 2.05) is 53.3 Å². The molecular formula is C24H18FN3. The van der Waals surface area contributed by atoms with Crippen LogP contribution >= 0.6 is 0 Å². The Morgan fingerprint density at radius 1 is 0.893 bits per heavy atom. The van der Waals surface area contributed by atoms with Crippen LogP contribution in [0.15, 0.2) is 79.0 Å². The van der Waals surface area contributed by atoms with Crippen LogP contribution in [0, 0.1) is 5.82 Å². The van der Waals surface area contributed by atoms with E-state index in [0.29, 0.717) is 5.69 Å². The minimum absolute atomic E-state index is 0.282. The Morgan fingerprint density at radius 2 is 1.75 bits per heavy atom. The van der Waals surface area contributed by atoms with Crippen molar-refractivity contribution in [3.05, 3.63) is 90.4 Å². The van der Waals surface area contributed by atoms with Gasteiger partial charge >= 0.3 is 0 Å². The highest BCUT2D eigenvalue weighted by Crippen LogP contribution is 2.34. The van der Waals surface area contributed by atoms with E-state index in [1.54, 1.807) is 6.07 Å². The van der Waals surface area contributed by atoms with E-state index < -0.39 is 0 Å². The summed E-state index contributed by atoms with van der Waals surface area (Å²) in [4.78, 5) is 4.67. The molecule has 3 aromatic carbocycles. The molecule has 3 nitrogen and oxygen atoms in total. The minimum Gasteiger partial charge on any atom is -0.255 e. The lowest BCUT2D eigenvalue weighted by Crippen LogP contribution is -1.98. The topological polar surface area (TPSA) is 30.7 Å². The average Bonchev–Trinajstić information content (AvgIpc) is 3.14. The predicted octanol–water partition coefficient (Wildman–Crippen LogP) is 5.94. The van der Waals surface area contributed by atoms with Crippen molar-refractivity contribution < 1.29 is 4.39 Å². The van der Waals surface area contributed by atoms with Crippen molar-refractivity contribution in [3.8, 4) is 16.9 Å². The standard InChI is InChI=1S/C24H18FN3/c1-2-16-11-12-22-20(13-16)24-21(15-26-22)23(17-7-4-3-5-8-17)27-28(24)19-10-6-9-18(25)14-19/h3-15H,2H2,1H3. The molecule has 0 amide bonds. The quantitative estimate of drug-likeness (QED) is 0.395.